The van der Waals surface area contributed by atoms with E-state index in [-0.39, 0.29) is 5.91 Å². The summed E-state index contributed by atoms with van der Waals surface area (Å²) in [4.78, 5) is 23.6. The summed E-state index contributed by atoms with van der Waals surface area (Å²) < 4.78 is 0. The SMILES string of the molecule is CCc1cccc(CC)c1NC(=O)c1cnc(N2CCCCC2)nc1. The molecule has 0 atom stereocenters. The lowest BCUT2D eigenvalue weighted by Crippen LogP contribution is -2.31. The summed E-state index contributed by atoms with van der Waals surface area (Å²) in [6, 6.07) is 6.17. The van der Waals surface area contributed by atoms with E-state index in [4.69, 9.17) is 0 Å². The highest BCUT2D eigenvalue weighted by Gasteiger charge is 2.16. The zero-order chi connectivity index (χ0) is 17.6. The number of nitrogens with zero attached hydrogens (tertiary/aromatic N) is 3. The fourth-order valence-corrected chi connectivity index (χ4v) is 3.28. The van der Waals surface area contributed by atoms with E-state index < -0.39 is 0 Å². The number of rotatable bonds is 5. The summed E-state index contributed by atoms with van der Waals surface area (Å²) in [5.74, 6) is 0.570. The molecule has 1 aliphatic rings. The van der Waals surface area contributed by atoms with Gasteiger partial charge in [0.05, 0.1) is 5.56 Å². The molecule has 1 N–H and O–H groups in total. The van der Waals surface area contributed by atoms with Crippen molar-refractivity contribution in [2.45, 2.75) is 46.0 Å². The number of benzene rings is 1. The van der Waals surface area contributed by atoms with E-state index in [9.17, 15) is 4.79 Å². The first kappa shape index (κ1) is 17.4. The molecular formula is C20H26N4O. The van der Waals surface area contributed by atoms with Crippen molar-refractivity contribution in [1.29, 1.82) is 0 Å². The van der Waals surface area contributed by atoms with Crippen molar-refractivity contribution >= 4 is 17.5 Å². The minimum Gasteiger partial charge on any atom is -0.341 e. The second kappa shape index (κ2) is 8.10. The molecular weight excluding hydrogens is 312 g/mol. The van der Waals surface area contributed by atoms with Crippen molar-refractivity contribution in [1.82, 2.24) is 9.97 Å². The molecule has 0 aliphatic carbocycles. The first-order valence-electron chi connectivity index (χ1n) is 9.22. The number of hydrogen-bond donors (Lipinski definition) is 1. The maximum Gasteiger partial charge on any atom is 0.258 e. The van der Waals surface area contributed by atoms with Crippen LogP contribution in [0.15, 0.2) is 30.6 Å². The Balaban J connectivity index is 1.75. The maximum absolute atomic E-state index is 12.6. The van der Waals surface area contributed by atoms with Crippen LogP contribution in [0.1, 0.15) is 54.6 Å². The molecule has 0 unspecified atom stereocenters. The third-order valence-corrected chi connectivity index (χ3v) is 4.78. The number of anilines is 2. The van der Waals surface area contributed by atoms with Crippen LogP contribution < -0.4 is 10.2 Å². The van der Waals surface area contributed by atoms with Gasteiger partial charge >= 0.3 is 0 Å². The Morgan fingerprint density at radius 3 is 2.20 bits per heavy atom. The first-order chi connectivity index (χ1) is 12.2. The van der Waals surface area contributed by atoms with E-state index in [1.807, 2.05) is 6.07 Å². The molecule has 0 radical (unpaired) electrons. The quantitative estimate of drug-likeness (QED) is 0.900. The van der Waals surface area contributed by atoms with E-state index in [1.165, 1.54) is 19.3 Å². The van der Waals surface area contributed by atoms with Gasteiger partial charge in [-0.15, -0.1) is 0 Å². The van der Waals surface area contributed by atoms with Gasteiger partial charge in [-0.1, -0.05) is 32.0 Å². The molecule has 5 heteroatoms. The van der Waals surface area contributed by atoms with Crippen LogP contribution in [-0.2, 0) is 12.8 Å². The van der Waals surface area contributed by atoms with Gasteiger partial charge in [0.15, 0.2) is 0 Å². The van der Waals surface area contributed by atoms with E-state index >= 15 is 0 Å². The Bertz CT molecular complexity index is 699. The van der Waals surface area contributed by atoms with Crippen LogP contribution in [0.3, 0.4) is 0 Å². The number of carbonyl (C=O) groups is 1. The molecule has 1 aromatic heterocycles. The van der Waals surface area contributed by atoms with Crippen LogP contribution in [-0.4, -0.2) is 29.0 Å². The highest BCUT2D eigenvalue weighted by Crippen LogP contribution is 2.23. The van der Waals surface area contributed by atoms with Gasteiger partial charge in [0, 0.05) is 31.2 Å². The lowest BCUT2D eigenvalue weighted by molar-refractivity contribution is 0.102. The summed E-state index contributed by atoms with van der Waals surface area (Å²) in [5.41, 5.74) is 3.73. The molecule has 25 heavy (non-hydrogen) atoms. The second-order valence-electron chi connectivity index (χ2n) is 6.43. The summed E-state index contributed by atoms with van der Waals surface area (Å²) >= 11 is 0. The van der Waals surface area contributed by atoms with E-state index in [0.717, 1.165) is 48.7 Å². The average molecular weight is 338 g/mol. The second-order valence-corrected chi connectivity index (χ2v) is 6.43. The molecule has 5 nitrogen and oxygen atoms in total. The number of piperidine rings is 1. The maximum atomic E-state index is 12.6. The van der Waals surface area contributed by atoms with Crippen molar-refractivity contribution in [2.24, 2.45) is 0 Å². The fraction of sp³-hybridized carbons (Fsp3) is 0.450. The normalized spacial score (nSPS) is 14.4. The number of amides is 1. The zero-order valence-electron chi connectivity index (χ0n) is 15.1. The van der Waals surface area contributed by atoms with Crippen LogP contribution >= 0.6 is 0 Å². The lowest BCUT2D eigenvalue weighted by Gasteiger charge is -2.26. The van der Waals surface area contributed by atoms with Crippen LogP contribution in [0.25, 0.3) is 0 Å². The minimum atomic E-state index is -0.152. The van der Waals surface area contributed by atoms with Crippen LogP contribution in [0.4, 0.5) is 11.6 Å². The molecule has 0 spiro atoms. The van der Waals surface area contributed by atoms with Crippen LogP contribution in [0.5, 0.6) is 0 Å². The number of nitrogens with one attached hydrogen (secondary N) is 1. The Morgan fingerprint density at radius 1 is 1.04 bits per heavy atom. The van der Waals surface area contributed by atoms with Gasteiger partial charge in [-0.3, -0.25) is 4.79 Å². The standard InChI is InChI=1S/C20H26N4O/c1-3-15-9-8-10-16(4-2)18(15)23-19(25)17-13-21-20(22-14-17)24-11-6-5-7-12-24/h8-10,13-14H,3-7,11-12H2,1-2H3,(H,23,25). The summed E-state index contributed by atoms with van der Waals surface area (Å²) in [6.45, 7) is 6.19. The Hall–Kier alpha value is -2.43. The number of aryl methyl sites for hydroxylation is 2. The summed E-state index contributed by atoms with van der Waals surface area (Å²) in [6.07, 6.45) is 8.66. The molecule has 2 aromatic rings. The van der Waals surface area contributed by atoms with Crippen molar-refractivity contribution in [2.75, 3.05) is 23.3 Å². The highest BCUT2D eigenvalue weighted by molar-refractivity contribution is 6.04. The number of aromatic nitrogens is 2. The predicted octanol–water partition coefficient (Wildman–Crippen LogP) is 3.84. The molecule has 1 aliphatic heterocycles. The van der Waals surface area contributed by atoms with Crippen molar-refractivity contribution in [3.8, 4) is 0 Å². The molecule has 1 amide bonds. The third-order valence-electron chi connectivity index (χ3n) is 4.78. The van der Waals surface area contributed by atoms with Gasteiger partial charge in [-0.2, -0.15) is 0 Å². The van der Waals surface area contributed by atoms with Gasteiger partial charge in [0.1, 0.15) is 0 Å². The van der Waals surface area contributed by atoms with Gasteiger partial charge in [-0.25, -0.2) is 9.97 Å². The molecule has 0 saturated carbocycles. The first-order valence-corrected chi connectivity index (χ1v) is 9.22. The zero-order valence-corrected chi connectivity index (χ0v) is 15.1. The molecule has 1 saturated heterocycles. The van der Waals surface area contributed by atoms with Crippen molar-refractivity contribution in [3.63, 3.8) is 0 Å². The highest BCUT2D eigenvalue weighted by atomic mass is 16.1. The van der Waals surface area contributed by atoms with E-state index in [0.29, 0.717) is 5.56 Å². The minimum absolute atomic E-state index is 0.152. The number of carbonyl (C=O) groups excluding carboxylic acids is 1. The molecule has 0 bridgehead atoms. The number of para-hydroxylation sites is 1. The van der Waals surface area contributed by atoms with Crippen molar-refractivity contribution in [3.05, 3.63) is 47.3 Å². The molecule has 1 aromatic carbocycles. The monoisotopic (exact) mass is 338 g/mol. The van der Waals surface area contributed by atoms with E-state index in [1.54, 1.807) is 12.4 Å². The van der Waals surface area contributed by atoms with Crippen molar-refractivity contribution < 1.29 is 4.79 Å². The Labute approximate surface area is 149 Å². The smallest absolute Gasteiger partial charge is 0.258 e. The molecule has 3 rings (SSSR count). The summed E-state index contributed by atoms with van der Waals surface area (Å²) in [7, 11) is 0. The average Bonchev–Trinajstić information content (AvgIpc) is 2.69. The molecule has 132 valence electrons. The van der Waals surface area contributed by atoms with Gasteiger partial charge in [0.2, 0.25) is 5.95 Å². The van der Waals surface area contributed by atoms with Gasteiger partial charge in [-0.05, 0) is 43.2 Å². The van der Waals surface area contributed by atoms with Gasteiger partial charge < -0.3 is 10.2 Å². The topological polar surface area (TPSA) is 58.1 Å². The fourth-order valence-electron chi connectivity index (χ4n) is 3.28. The Morgan fingerprint density at radius 2 is 1.64 bits per heavy atom. The summed E-state index contributed by atoms with van der Waals surface area (Å²) in [5, 5.41) is 3.06. The largest absolute Gasteiger partial charge is 0.341 e. The third kappa shape index (κ3) is 3.98. The van der Waals surface area contributed by atoms with Gasteiger partial charge in [0.25, 0.3) is 5.91 Å². The van der Waals surface area contributed by atoms with Crippen LogP contribution in [0.2, 0.25) is 0 Å². The van der Waals surface area contributed by atoms with Crippen LogP contribution in [0, 0.1) is 0 Å². The molecule has 2 heterocycles. The lowest BCUT2D eigenvalue weighted by atomic mass is 10.0. The Kier molecular flexibility index (Phi) is 5.64. The number of hydrogen-bond acceptors (Lipinski definition) is 4. The molecule has 1 fully saturated rings. The van der Waals surface area contributed by atoms with E-state index in [2.05, 4.69) is 46.2 Å². The predicted molar refractivity (Wildman–Crippen MR) is 101 cm³/mol.